The van der Waals surface area contributed by atoms with Gasteiger partial charge in [-0.1, -0.05) is 13.8 Å². The molecule has 1 aliphatic heterocycles. The van der Waals surface area contributed by atoms with Crippen LogP contribution in [0.1, 0.15) is 66.9 Å². The lowest BCUT2D eigenvalue weighted by atomic mass is 9.95. The largest absolute Gasteiger partial charge is 0.436 e. The number of halogens is 7. The van der Waals surface area contributed by atoms with Crippen LogP contribution in [0.4, 0.5) is 30.7 Å². The molecule has 1 aromatic heterocycles. The Bertz CT molecular complexity index is 1450. The topological polar surface area (TPSA) is 82.2 Å². The predicted octanol–water partition coefficient (Wildman–Crippen LogP) is 7.54. The highest BCUT2D eigenvalue weighted by Gasteiger charge is 2.71. The minimum Gasteiger partial charge on any atom is -0.436 e. The van der Waals surface area contributed by atoms with Crippen molar-refractivity contribution in [2.24, 2.45) is 5.92 Å². The molecule has 0 unspecified atom stereocenters. The van der Waals surface area contributed by atoms with Gasteiger partial charge in [-0.05, 0) is 87.1 Å². The summed E-state index contributed by atoms with van der Waals surface area (Å²) in [7, 11) is 0. The van der Waals surface area contributed by atoms with Crippen LogP contribution in [0.5, 0.6) is 0 Å². The molecule has 2 aromatic carbocycles. The van der Waals surface area contributed by atoms with E-state index < -0.39 is 30.9 Å². The molecule has 0 aliphatic carbocycles. The van der Waals surface area contributed by atoms with Crippen LogP contribution >= 0.6 is 0 Å². The van der Waals surface area contributed by atoms with Crippen LogP contribution in [-0.4, -0.2) is 60.0 Å². The van der Waals surface area contributed by atoms with Crippen LogP contribution in [0.3, 0.4) is 0 Å². The molecule has 1 fully saturated rings. The molecule has 6 nitrogen and oxygen atoms in total. The molecule has 0 atom stereocenters. The lowest BCUT2D eigenvalue weighted by molar-refractivity contribution is -0.343. The fourth-order valence-corrected chi connectivity index (χ4v) is 5.18. The van der Waals surface area contributed by atoms with Crippen molar-refractivity contribution >= 4 is 17.0 Å². The number of carbonyl (C=O) groups is 1. The van der Waals surface area contributed by atoms with Gasteiger partial charge in [0.2, 0.25) is 5.89 Å². The van der Waals surface area contributed by atoms with E-state index in [-0.39, 0.29) is 24.3 Å². The first-order valence-electron chi connectivity index (χ1n) is 13.9. The molecule has 13 heteroatoms. The van der Waals surface area contributed by atoms with Crippen molar-refractivity contribution in [3.05, 3.63) is 53.1 Å². The molecular weight excluding hydrogens is 581 g/mol. The van der Waals surface area contributed by atoms with E-state index in [4.69, 9.17) is 4.42 Å². The molecule has 3 aromatic rings. The molecule has 1 N–H and O–H groups in total. The zero-order valence-electron chi connectivity index (χ0n) is 23.6. The van der Waals surface area contributed by atoms with Gasteiger partial charge in [0.15, 0.2) is 5.58 Å². The highest BCUT2D eigenvalue weighted by atomic mass is 19.4. The zero-order chi connectivity index (χ0) is 31.6. The third-order valence-corrected chi connectivity index (χ3v) is 7.82. The van der Waals surface area contributed by atoms with E-state index in [9.17, 15) is 40.8 Å². The molecule has 4 rings (SSSR count). The van der Waals surface area contributed by atoms with E-state index in [0.29, 0.717) is 66.2 Å². The number of oxazole rings is 1. The second-order valence-electron chi connectivity index (χ2n) is 11.2. The molecule has 1 amide bonds. The monoisotopic (exact) mass is 612 g/mol. The number of amides is 1. The molecule has 232 valence electrons. The van der Waals surface area contributed by atoms with E-state index in [2.05, 4.69) is 16.4 Å². The molecule has 0 saturated carbocycles. The number of alkyl halides is 7. The molecule has 0 radical (unpaired) electrons. The van der Waals surface area contributed by atoms with Crippen LogP contribution in [0.15, 0.2) is 40.8 Å². The Kier molecular flexibility index (Phi) is 9.39. The van der Waals surface area contributed by atoms with Crippen LogP contribution in [0.2, 0.25) is 0 Å². The van der Waals surface area contributed by atoms with Crippen LogP contribution in [0.25, 0.3) is 22.6 Å². The first-order chi connectivity index (χ1) is 20.1. The minimum absolute atomic E-state index is 0.0817. The lowest BCUT2D eigenvalue weighted by Gasteiger charge is -2.34. The number of carbonyl (C=O) groups excluding carboxylic acids is 1. The van der Waals surface area contributed by atoms with Gasteiger partial charge in [0.25, 0.3) is 11.6 Å². The van der Waals surface area contributed by atoms with Gasteiger partial charge in [0.1, 0.15) is 5.52 Å². The summed E-state index contributed by atoms with van der Waals surface area (Å²) in [6.45, 7) is 5.11. The summed E-state index contributed by atoms with van der Waals surface area (Å²) in [5, 5.41) is 12.2. The summed E-state index contributed by atoms with van der Waals surface area (Å²) in [4.78, 5) is 19.0. The Morgan fingerprint density at radius 2 is 1.70 bits per heavy atom. The van der Waals surface area contributed by atoms with Gasteiger partial charge in [-0.25, -0.2) is 9.37 Å². The van der Waals surface area contributed by atoms with Crippen molar-refractivity contribution in [3.63, 3.8) is 0 Å². The number of rotatable bonds is 9. The summed E-state index contributed by atoms with van der Waals surface area (Å²) in [5.41, 5.74) is -1.61. The van der Waals surface area contributed by atoms with Crippen molar-refractivity contribution < 1.29 is 39.9 Å². The number of fused-ring (bicyclic) bond motifs is 1. The number of piperidine rings is 1. The molecule has 43 heavy (non-hydrogen) atoms. The van der Waals surface area contributed by atoms with Crippen LogP contribution in [0, 0.1) is 17.2 Å². The van der Waals surface area contributed by atoms with Gasteiger partial charge >= 0.3 is 12.4 Å². The molecule has 1 aliphatic rings. The maximum atomic E-state index is 13.8. The molecule has 2 heterocycles. The summed E-state index contributed by atoms with van der Waals surface area (Å²) < 4.78 is 96.2. The highest BCUT2D eigenvalue weighted by molar-refractivity contribution is 5.94. The van der Waals surface area contributed by atoms with Crippen molar-refractivity contribution in [1.29, 1.82) is 5.26 Å². The fourth-order valence-electron chi connectivity index (χ4n) is 5.18. The van der Waals surface area contributed by atoms with Gasteiger partial charge in [0.05, 0.1) is 11.6 Å². The SMILES string of the molecule is CC(C)c1cc(C#N)cc2nc(-c3ccc(C(=O)NCC4CCN(CCCC(F)(C(F)(F)F)C(F)(F)F)CC4)cc3)oc12. The van der Waals surface area contributed by atoms with E-state index in [1.807, 2.05) is 13.8 Å². The first-order valence-corrected chi connectivity index (χ1v) is 13.9. The second-order valence-corrected chi connectivity index (χ2v) is 11.2. The van der Waals surface area contributed by atoms with Gasteiger partial charge in [-0.3, -0.25) is 4.79 Å². The molecular formula is C30H31F7N4O2. The average molecular weight is 613 g/mol. The Hall–Kier alpha value is -3.66. The van der Waals surface area contributed by atoms with Crippen molar-refractivity contribution in [2.75, 3.05) is 26.2 Å². The summed E-state index contributed by atoms with van der Waals surface area (Å²) in [5.74, 6) is 0.261. The minimum atomic E-state index is -6.03. The predicted molar refractivity (Wildman–Crippen MR) is 145 cm³/mol. The van der Waals surface area contributed by atoms with E-state index >= 15 is 0 Å². The van der Waals surface area contributed by atoms with E-state index in [0.717, 1.165) is 5.56 Å². The lowest BCUT2D eigenvalue weighted by Crippen LogP contribution is -2.53. The number of nitriles is 1. The second kappa shape index (κ2) is 12.5. The first kappa shape index (κ1) is 32.3. The smallest absolute Gasteiger partial charge is 0.431 e. The quantitative estimate of drug-likeness (QED) is 0.253. The van der Waals surface area contributed by atoms with Gasteiger partial charge in [-0.15, -0.1) is 0 Å². The summed E-state index contributed by atoms with van der Waals surface area (Å²) in [6, 6.07) is 12.3. The standard InChI is InChI=1S/C30H31F7N4O2/c1-18(2)23-14-20(16-38)15-24-25(23)43-27(40-24)22-6-4-21(5-7-22)26(42)39-17-19-8-12-41(13-9-19)11-3-10-28(31,29(32,33)34)30(35,36)37/h4-7,14-15,18-19H,3,8-13,17H2,1-2H3,(H,39,42). The van der Waals surface area contributed by atoms with Crippen molar-refractivity contribution in [2.45, 2.75) is 63.5 Å². The number of hydrogen-bond donors (Lipinski definition) is 1. The van der Waals surface area contributed by atoms with Crippen molar-refractivity contribution in [1.82, 2.24) is 15.2 Å². The summed E-state index contributed by atoms with van der Waals surface area (Å²) >= 11 is 0. The Morgan fingerprint density at radius 3 is 2.26 bits per heavy atom. The van der Waals surface area contributed by atoms with Crippen LogP contribution < -0.4 is 5.32 Å². The Labute approximate surface area is 243 Å². The third kappa shape index (κ3) is 7.12. The third-order valence-electron chi connectivity index (χ3n) is 7.82. The molecule has 1 saturated heterocycles. The Morgan fingerprint density at radius 1 is 1.07 bits per heavy atom. The van der Waals surface area contributed by atoms with Gasteiger partial charge in [-0.2, -0.15) is 31.6 Å². The number of benzene rings is 2. The molecule has 0 bridgehead atoms. The maximum absolute atomic E-state index is 13.8. The fraction of sp³-hybridized carbons (Fsp3) is 0.500. The van der Waals surface area contributed by atoms with Gasteiger partial charge < -0.3 is 14.6 Å². The Balaban J connectivity index is 1.26. The number of aromatic nitrogens is 1. The zero-order valence-corrected chi connectivity index (χ0v) is 23.6. The number of likely N-dealkylation sites (tertiary alicyclic amines) is 1. The van der Waals surface area contributed by atoms with Gasteiger partial charge in [0, 0.05) is 29.7 Å². The van der Waals surface area contributed by atoms with E-state index in [1.165, 1.54) is 0 Å². The number of nitrogens with one attached hydrogen (secondary N) is 1. The summed E-state index contributed by atoms with van der Waals surface area (Å²) in [6.07, 6.45) is -13.1. The van der Waals surface area contributed by atoms with E-state index in [1.54, 1.807) is 41.3 Å². The average Bonchev–Trinajstić information content (AvgIpc) is 3.39. The number of hydrogen-bond acceptors (Lipinski definition) is 5. The van der Waals surface area contributed by atoms with Crippen molar-refractivity contribution in [3.8, 4) is 17.5 Å². The number of nitrogens with zero attached hydrogens (tertiary/aromatic N) is 3. The van der Waals surface area contributed by atoms with Crippen LogP contribution in [-0.2, 0) is 0 Å². The highest BCUT2D eigenvalue weighted by Crippen LogP contribution is 2.49. The maximum Gasteiger partial charge on any atom is 0.431 e. The normalized spacial score (nSPS) is 15.7. The molecule has 0 spiro atoms.